The van der Waals surface area contributed by atoms with Gasteiger partial charge >= 0.3 is 0 Å². The predicted molar refractivity (Wildman–Crippen MR) is 111 cm³/mol. The highest BCUT2D eigenvalue weighted by atomic mass is 16.5. The van der Waals surface area contributed by atoms with Crippen molar-refractivity contribution < 1.29 is 4.74 Å². The fraction of sp³-hybridized carbons (Fsp3) is 0.667. The van der Waals surface area contributed by atoms with Crippen LogP contribution in [0.25, 0.3) is 0 Å². The van der Waals surface area contributed by atoms with Crippen molar-refractivity contribution in [2.75, 3.05) is 52.5 Å². The van der Waals surface area contributed by atoms with E-state index >= 15 is 0 Å². The summed E-state index contributed by atoms with van der Waals surface area (Å²) in [5, 5.41) is 3.28. The maximum Gasteiger partial charge on any atom is 0.188 e. The average molecular weight is 374 g/mol. The molecule has 2 fully saturated rings. The van der Waals surface area contributed by atoms with Gasteiger partial charge in [-0.15, -0.1) is 0 Å². The summed E-state index contributed by atoms with van der Waals surface area (Å²) in [7, 11) is 0. The predicted octanol–water partition coefficient (Wildman–Crippen LogP) is 1.67. The van der Waals surface area contributed by atoms with Gasteiger partial charge < -0.3 is 15.8 Å². The zero-order valence-electron chi connectivity index (χ0n) is 16.5. The second-order valence-electron chi connectivity index (χ2n) is 7.57. The van der Waals surface area contributed by atoms with Crippen LogP contribution in [-0.4, -0.2) is 74.3 Å². The number of rotatable bonds is 8. The lowest BCUT2D eigenvalue weighted by atomic mass is 10.0. The molecule has 1 aromatic carbocycles. The molecular formula is C21H35N5O. The summed E-state index contributed by atoms with van der Waals surface area (Å²) in [5.74, 6) is 0.585. The van der Waals surface area contributed by atoms with E-state index in [-0.39, 0.29) is 0 Å². The zero-order valence-corrected chi connectivity index (χ0v) is 16.5. The Hall–Kier alpha value is -1.63. The smallest absolute Gasteiger partial charge is 0.188 e. The van der Waals surface area contributed by atoms with Crippen molar-refractivity contribution in [2.24, 2.45) is 10.7 Å². The van der Waals surface area contributed by atoms with Crippen LogP contribution in [0.3, 0.4) is 0 Å². The third-order valence-corrected chi connectivity index (χ3v) is 5.51. The molecule has 1 atom stereocenters. The van der Waals surface area contributed by atoms with Crippen LogP contribution in [0.4, 0.5) is 0 Å². The summed E-state index contributed by atoms with van der Waals surface area (Å²) in [5.41, 5.74) is 7.47. The fourth-order valence-electron chi connectivity index (χ4n) is 3.90. The van der Waals surface area contributed by atoms with Crippen molar-refractivity contribution in [2.45, 2.75) is 38.3 Å². The standard InChI is InChI=1S/C21H35N5O/c22-21(23-10-6-11-25-13-15-27-16-14-25)24-17-20-9-4-5-12-26(20)18-19-7-2-1-3-8-19/h1-3,7-8,20H,4-6,9-18H2,(H3,22,23,24). The van der Waals surface area contributed by atoms with Gasteiger partial charge in [0.1, 0.15) is 0 Å². The zero-order chi connectivity index (χ0) is 18.7. The first-order valence-electron chi connectivity index (χ1n) is 10.4. The molecule has 0 radical (unpaired) electrons. The number of aliphatic imine (C=N–C) groups is 1. The van der Waals surface area contributed by atoms with Crippen LogP contribution in [0.1, 0.15) is 31.2 Å². The van der Waals surface area contributed by atoms with Crippen molar-refractivity contribution in [3.8, 4) is 0 Å². The van der Waals surface area contributed by atoms with Gasteiger partial charge in [-0.1, -0.05) is 36.8 Å². The van der Waals surface area contributed by atoms with Crippen molar-refractivity contribution >= 4 is 5.96 Å². The first-order valence-corrected chi connectivity index (χ1v) is 10.4. The fourth-order valence-corrected chi connectivity index (χ4v) is 3.90. The van der Waals surface area contributed by atoms with Gasteiger partial charge in [0.2, 0.25) is 0 Å². The van der Waals surface area contributed by atoms with E-state index in [4.69, 9.17) is 10.5 Å². The van der Waals surface area contributed by atoms with E-state index in [1.165, 1.54) is 24.8 Å². The number of nitrogens with zero attached hydrogens (tertiary/aromatic N) is 3. The minimum absolute atomic E-state index is 0.493. The molecule has 6 heteroatoms. The molecule has 0 bridgehead atoms. The Bertz CT molecular complexity index is 559. The Labute approximate surface area is 163 Å². The van der Waals surface area contributed by atoms with Crippen LogP contribution >= 0.6 is 0 Å². The maximum atomic E-state index is 6.09. The van der Waals surface area contributed by atoms with Gasteiger partial charge in [0, 0.05) is 32.2 Å². The molecule has 0 amide bonds. The first-order chi connectivity index (χ1) is 13.3. The van der Waals surface area contributed by atoms with E-state index in [2.05, 4.69) is 50.4 Å². The van der Waals surface area contributed by atoms with Gasteiger partial charge in [-0.05, 0) is 37.9 Å². The van der Waals surface area contributed by atoms with Crippen molar-refractivity contribution in [1.82, 2.24) is 15.1 Å². The van der Waals surface area contributed by atoms with E-state index < -0.39 is 0 Å². The number of hydrogen-bond donors (Lipinski definition) is 2. The van der Waals surface area contributed by atoms with E-state index in [9.17, 15) is 0 Å². The normalized spacial score (nSPS) is 22.7. The van der Waals surface area contributed by atoms with E-state index in [1.807, 2.05) is 0 Å². The first kappa shape index (κ1) is 20.1. The number of guanidine groups is 1. The van der Waals surface area contributed by atoms with Crippen molar-refractivity contribution in [3.63, 3.8) is 0 Å². The highest BCUT2D eigenvalue weighted by Gasteiger charge is 2.22. The molecule has 1 unspecified atom stereocenters. The summed E-state index contributed by atoms with van der Waals surface area (Å²) in [6, 6.07) is 11.2. The lowest BCUT2D eigenvalue weighted by Gasteiger charge is -2.35. The molecule has 3 N–H and O–H groups in total. The van der Waals surface area contributed by atoms with Crippen LogP contribution in [-0.2, 0) is 11.3 Å². The molecular weight excluding hydrogens is 338 g/mol. The Morgan fingerprint density at radius 3 is 2.78 bits per heavy atom. The molecule has 2 aliphatic heterocycles. The Kier molecular flexibility index (Phi) is 8.39. The summed E-state index contributed by atoms with van der Waals surface area (Å²) < 4.78 is 5.38. The van der Waals surface area contributed by atoms with Crippen LogP contribution in [0.15, 0.2) is 35.3 Å². The van der Waals surface area contributed by atoms with Gasteiger partial charge in [0.05, 0.1) is 19.8 Å². The number of nitrogens with one attached hydrogen (secondary N) is 1. The van der Waals surface area contributed by atoms with E-state index in [0.717, 1.165) is 65.4 Å². The molecule has 0 aromatic heterocycles. The monoisotopic (exact) mass is 373 g/mol. The minimum atomic E-state index is 0.493. The topological polar surface area (TPSA) is 66.1 Å². The molecule has 6 nitrogen and oxygen atoms in total. The number of nitrogens with two attached hydrogens (primary N) is 1. The summed E-state index contributed by atoms with van der Waals surface area (Å²) in [4.78, 5) is 9.64. The van der Waals surface area contributed by atoms with Crippen LogP contribution in [0.5, 0.6) is 0 Å². The lowest BCUT2D eigenvalue weighted by molar-refractivity contribution is 0.0376. The summed E-state index contributed by atoms with van der Waals surface area (Å²) in [6.07, 6.45) is 4.86. The van der Waals surface area contributed by atoms with Crippen LogP contribution in [0.2, 0.25) is 0 Å². The molecule has 0 aliphatic carbocycles. The highest BCUT2D eigenvalue weighted by molar-refractivity contribution is 5.77. The van der Waals surface area contributed by atoms with E-state index in [1.54, 1.807) is 0 Å². The van der Waals surface area contributed by atoms with Gasteiger partial charge in [0.15, 0.2) is 5.96 Å². The Morgan fingerprint density at radius 1 is 1.15 bits per heavy atom. The number of likely N-dealkylation sites (tertiary alicyclic amines) is 1. The second-order valence-corrected chi connectivity index (χ2v) is 7.57. The van der Waals surface area contributed by atoms with Gasteiger partial charge in [-0.3, -0.25) is 14.8 Å². The Balaban J connectivity index is 1.38. The summed E-state index contributed by atoms with van der Waals surface area (Å²) in [6.45, 7) is 8.73. The van der Waals surface area contributed by atoms with Crippen LogP contribution < -0.4 is 11.1 Å². The number of morpholine rings is 1. The number of hydrogen-bond acceptors (Lipinski definition) is 4. The van der Waals surface area contributed by atoms with Gasteiger partial charge in [-0.2, -0.15) is 0 Å². The molecule has 2 heterocycles. The highest BCUT2D eigenvalue weighted by Crippen LogP contribution is 2.19. The molecule has 2 aliphatic rings. The number of benzene rings is 1. The molecule has 27 heavy (non-hydrogen) atoms. The minimum Gasteiger partial charge on any atom is -0.379 e. The van der Waals surface area contributed by atoms with E-state index in [0.29, 0.717) is 12.0 Å². The average Bonchev–Trinajstić information content (AvgIpc) is 2.72. The molecule has 3 rings (SSSR count). The van der Waals surface area contributed by atoms with Gasteiger partial charge in [-0.25, -0.2) is 0 Å². The largest absolute Gasteiger partial charge is 0.379 e. The third-order valence-electron chi connectivity index (χ3n) is 5.51. The van der Waals surface area contributed by atoms with Crippen LogP contribution in [0, 0.1) is 0 Å². The molecule has 0 spiro atoms. The SMILES string of the molecule is NC(=NCC1CCCCN1Cc1ccccc1)NCCCN1CCOCC1. The van der Waals surface area contributed by atoms with Crippen molar-refractivity contribution in [1.29, 1.82) is 0 Å². The number of piperidine rings is 1. The third kappa shape index (κ3) is 7.13. The number of ether oxygens (including phenoxy) is 1. The lowest BCUT2D eigenvalue weighted by Crippen LogP contribution is -2.42. The molecule has 150 valence electrons. The molecule has 2 saturated heterocycles. The quantitative estimate of drug-likeness (QED) is 0.412. The van der Waals surface area contributed by atoms with Crippen molar-refractivity contribution in [3.05, 3.63) is 35.9 Å². The molecule has 0 saturated carbocycles. The van der Waals surface area contributed by atoms with Gasteiger partial charge in [0.25, 0.3) is 0 Å². The molecule has 1 aromatic rings. The summed E-state index contributed by atoms with van der Waals surface area (Å²) >= 11 is 0. The Morgan fingerprint density at radius 2 is 1.96 bits per heavy atom. The second kappa shape index (κ2) is 11.3. The maximum absolute atomic E-state index is 6.09.